The summed E-state index contributed by atoms with van der Waals surface area (Å²) in [5.74, 6) is 0.847. The minimum atomic E-state index is 0.0124. The Kier molecular flexibility index (Phi) is 24.8. The van der Waals surface area contributed by atoms with Crippen LogP contribution in [0.2, 0.25) is 0 Å². The Morgan fingerprint density at radius 1 is 0.645 bits per heavy atom. The number of rotatable bonds is 24. The monoisotopic (exact) mass is 436 g/mol. The van der Waals surface area contributed by atoms with Crippen LogP contribution < -0.4 is 0 Å². The summed E-state index contributed by atoms with van der Waals surface area (Å²) >= 11 is 0. The van der Waals surface area contributed by atoms with Gasteiger partial charge in [-0.1, -0.05) is 123 Å². The molecule has 2 nitrogen and oxygen atoms in total. The van der Waals surface area contributed by atoms with Gasteiger partial charge in [0.2, 0.25) is 0 Å². The molecule has 0 atom stereocenters. The second-order valence-electron chi connectivity index (χ2n) is 9.86. The number of hydrogen-bond donors (Lipinski definition) is 0. The summed E-state index contributed by atoms with van der Waals surface area (Å²) in [4.78, 5) is 11.8. The van der Waals surface area contributed by atoms with Crippen LogP contribution in [0.4, 0.5) is 0 Å². The zero-order chi connectivity index (χ0) is 22.8. The highest BCUT2D eigenvalue weighted by Crippen LogP contribution is 2.13. The van der Waals surface area contributed by atoms with E-state index in [0.717, 1.165) is 18.8 Å². The van der Waals surface area contributed by atoms with Gasteiger partial charge in [0.15, 0.2) is 0 Å². The molecule has 0 aliphatic carbocycles. The van der Waals surface area contributed by atoms with Gasteiger partial charge in [0, 0.05) is 6.42 Å². The molecule has 0 spiro atoms. The predicted molar refractivity (Wildman–Crippen MR) is 138 cm³/mol. The van der Waals surface area contributed by atoms with Crippen molar-refractivity contribution < 1.29 is 9.53 Å². The van der Waals surface area contributed by atoms with Crippen LogP contribution in [0.3, 0.4) is 0 Å². The lowest BCUT2D eigenvalue weighted by Gasteiger charge is -2.06. The molecule has 0 rings (SSSR count). The molecule has 0 aromatic carbocycles. The van der Waals surface area contributed by atoms with Crippen LogP contribution in [-0.4, -0.2) is 12.6 Å². The zero-order valence-electron chi connectivity index (χ0n) is 21.6. The second kappa shape index (κ2) is 25.5. The maximum absolute atomic E-state index is 11.8. The fourth-order valence-electron chi connectivity index (χ4n) is 3.96. The Hall–Kier alpha value is -0.790. The van der Waals surface area contributed by atoms with Crippen LogP contribution in [0, 0.1) is 5.92 Å². The van der Waals surface area contributed by atoms with Crippen molar-refractivity contribution in [3.8, 4) is 0 Å². The van der Waals surface area contributed by atoms with Crippen LogP contribution in [0.1, 0.15) is 156 Å². The molecule has 0 bridgehead atoms. The highest BCUT2D eigenvalue weighted by Gasteiger charge is 2.02. The number of ether oxygens (including phenoxy) is 1. The summed E-state index contributed by atoms with van der Waals surface area (Å²) in [7, 11) is 0. The van der Waals surface area contributed by atoms with Crippen LogP contribution in [-0.2, 0) is 9.53 Å². The van der Waals surface area contributed by atoms with Crippen molar-refractivity contribution in [2.75, 3.05) is 6.61 Å². The van der Waals surface area contributed by atoms with Gasteiger partial charge in [-0.15, -0.1) is 0 Å². The van der Waals surface area contributed by atoms with Gasteiger partial charge in [0.1, 0.15) is 0 Å². The summed E-state index contributed by atoms with van der Waals surface area (Å²) in [6, 6.07) is 0. The Labute approximate surface area is 196 Å². The molecule has 0 N–H and O–H groups in total. The van der Waals surface area contributed by atoms with Gasteiger partial charge in [0.05, 0.1) is 6.61 Å². The van der Waals surface area contributed by atoms with Gasteiger partial charge in [-0.25, -0.2) is 0 Å². The third kappa shape index (κ3) is 27.2. The summed E-state index contributed by atoms with van der Waals surface area (Å²) in [6.45, 7) is 7.48. The quantitative estimate of drug-likeness (QED) is 0.0854. The van der Waals surface area contributed by atoms with Crippen molar-refractivity contribution >= 4 is 5.97 Å². The molecular formula is C29H56O2. The van der Waals surface area contributed by atoms with Crippen LogP contribution in [0.15, 0.2) is 12.2 Å². The van der Waals surface area contributed by atoms with Gasteiger partial charge < -0.3 is 4.74 Å². The number of hydrogen-bond acceptors (Lipinski definition) is 2. The number of carbonyl (C=O) groups excluding carboxylic acids is 1. The van der Waals surface area contributed by atoms with Gasteiger partial charge in [-0.2, -0.15) is 0 Å². The fourth-order valence-corrected chi connectivity index (χ4v) is 3.96. The molecule has 0 saturated carbocycles. The van der Waals surface area contributed by atoms with Crippen molar-refractivity contribution in [3.05, 3.63) is 12.2 Å². The van der Waals surface area contributed by atoms with E-state index in [1.807, 2.05) is 0 Å². The SMILES string of the molecule is CCCCCCC=CCCCCCCCCCC(=O)OCCCCCCCCC(C)C. The molecule has 184 valence electrons. The Morgan fingerprint density at radius 2 is 1.13 bits per heavy atom. The van der Waals surface area contributed by atoms with E-state index >= 15 is 0 Å². The van der Waals surface area contributed by atoms with Crippen LogP contribution in [0.25, 0.3) is 0 Å². The van der Waals surface area contributed by atoms with E-state index in [1.54, 1.807) is 0 Å². The standard InChI is InChI=1S/C29H56O2/c1-4-5-6-7-8-9-10-11-12-13-14-15-16-20-23-26-29(30)31-27-24-21-18-17-19-22-25-28(2)3/h9-10,28H,4-8,11-27H2,1-3H3. The Morgan fingerprint density at radius 3 is 1.71 bits per heavy atom. The maximum atomic E-state index is 11.8. The molecule has 0 saturated heterocycles. The van der Waals surface area contributed by atoms with Crippen molar-refractivity contribution in [2.24, 2.45) is 5.92 Å². The summed E-state index contributed by atoms with van der Waals surface area (Å²) in [6.07, 6.45) is 31.0. The van der Waals surface area contributed by atoms with E-state index in [-0.39, 0.29) is 5.97 Å². The van der Waals surface area contributed by atoms with Crippen molar-refractivity contribution in [3.63, 3.8) is 0 Å². The smallest absolute Gasteiger partial charge is 0.305 e. The average Bonchev–Trinajstić information content (AvgIpc) is 2.75. The molecule has 0 aliphatic rings. The second-order valence-corrected chi connectivity index (χ2v) is 9.86. The number of esters is 1. The van der Waals surface area contributed by atoms with Crippen molar-refractivity contribution in [1.29, 1.82) is 0 Å². The summed E-state index contributed by atoms with van der Waals surface area (Å²) in [5, 5.41) is 0. The van der Waals surface area contributed by atoms with E-state index in [4.69, 9.17) is 4.74 Å². The normalized spacial score (nSPS) is 11.6. The molecule has 2 heteroatoms. The number of allylic oxidation sites excluding steroid dienone is 2. The first-order valence-corrected chi connectivity index (χ1v) is 14.0. The predicted octanol–water partition coefficient (Wildman–Crippen LogP) is 9.95. The van der Waals surface area contributed by atoms with Crippen molar-refractivity contribution in [2.45, 2.75) is 156 Å². The van der Waals surface area contributed by atoms with Crippen LogP contribution in [0.5, 0.6) is 0 Å². The molecule has 31 heavy (non-hydrogen) atoms. The van der Waals surface area contributed by atoms with E-state index < -0.39 is 0 Å². The highest BCUT2D eigenvalue weighted by molar-refractivity contribution is 5.69. The first kappa shape index (κ1) is 30.2. The first-order valence-electron chi connectivity index (χ1n) is 14.0. The maximum Gasteiger partial charge on any atom is 0.305 e. The summed E-state index contributed by atoms with van der Waals surface area (Å²) in [5.41, 5.74) is 0. The minimum Gasteiger partial charge on any atom is -0.466 e. The lowest BCUT2D eigenvalue weighted by atomic mass is 10.0. The van der Waals surface area contributed by atoms with Gasteiger partial charge in [-0.3, -0.25) is 4.79 Å². The van der Waals surface area contributed by atoms with Gasteiger partial charge >= 0.3 is 5.97 Å². The minimum absolute atomic E-state index is 0.0124. The van der Waals surface area contributed by atoms with Gasteiger partial charge in [-0.05, 0) is 44.4 Å². The Bertz CT molecular complexity index is 386. The van der Waals surface area contributed by atoms with Crippen LogP contribution >= 0.6 is 0 Å². The molecule has 0 amide bonds. The zero-order valence-corrected chi connectivity index (χ0v) is 21.6. The summed E-state index contributed by atoms with van der Waals surface area (Å²) < 4.78 is 5.37. The largest absolute Gasteiger partial charge is 0.466 e. The molecule has 0 aromatic heterocycles. The number of carbonyl (C=O) groups is 1. The topological polar surface area (TPSA) is 26.3 Å². The lowest BCUT2D eigenvalue weighted by Crippen LogP contribution is -2.05. The fraction of sp³-hybridized carbons (Fsp3) is 0.897. The Balaban J connectivity index is 3.20. The third-order valence-corrected chi connectivity index (χ3v) is 6.08. The molecule has 0 heterocycles. The molecule has 0 fully saturated rings. The molecule has 0 aromatic rings. The van der Waals surface area contributed by atoms with E-state index in [0.29, 0.717) is 13.0 Å². The molecular weight excluding hydrogens is 380 g/mol. The third-order valence-electron chi connectivity index (χ3n) is 6.08. The van der Waals surface area contributed by atoms with E-state index in [1.165, 1.54) is 116 Å². The first-order chi connectivity index (χ1) is 15.2. The van der Waals surface area contributed by atoms with E-state index in [2.05, 4.69) is 32.9 Å². The highest BCUT2D eigenvalue weighted by atomic mass is 16.5. The molecule has 0 radical (unpaired) electrons. The number of unbranched alkanes of at least 4 members (excludes halogenated alkanes) is 16. The molecule has 0 aliphatic heterocycles. The lowest BCUT2D eigenvalue weighted by molar-refractivity contribution is -0.143. The van der Waals surface area contributed by atoms with Crippen molar-refractivity contribution in [1.82, 2.24) is 0 Å². The molecule has 0 unspecified atom stereocenters. The average molecular weight is 437 g/mol. The van der Waals surface area contributed by atoms with Gasteiger partial charge in [0.25, 0.3) is 0 Å². The van der Waals surface area contributed by atoms with E-state index in [9.17, 15) is 4.79 Å².